The third-order valence-electron chi connectivity index (χ3n) is 3.13. The summed E-state index contributed by atoms with van der Waals surface area (Å²) in [5, 5.41) is 10.9. The minimum absolute atomic E-state index is 0.113. The SMILES string of the molecule is CCOC(=O)c1cccc(COC(=O)c2ccccc2[N+](=O)[O-])c1. The van der Waals surface area contributed by atoms with Crippen molar-refractivity contribution in [3.05, 3.63) is 75.3 Å². The minimum Gasteiger partial charge on any atom is -0.462 e. The molecule has 0 spiro atoms. The molecule has 0 aliphatic heterocycles. The van der Waals surface area contributed by atoms with Gasteiger partial charge < -0.3 is 9.47 Å². The maximum atomic E-state index is 12.0. The average Bonchev–Trinajstić information content (AvgIpc) is 2.60. The minimum atomic E-state index is -0.802. The number of hydrogen-bond donors (Lipinski definition) is 0. The molecule has 0 saturated carbocycles. The monoisotopic (exact) mass is 329 g/mol. The van der Waals surface area contributed by atoms with E-state index in [1.807, 2.05) is 0 Å². The topological polar surface area (TPSA) is 95.7 Å². The van der Waals surface area contributed by atoms with Gasteiger partial charge in [-0.2, -0.15) is 0 Å². The van der Waals surface area contributed by atoms with Crippen molar-refractivity contribution in [2.75, 3.05) is 6.61 Å². The number of carbonyl (C=O) groups excluding carboxylic acids is 2. The first-order valence-electron chi connectivity index (χ1n) is 7.19. The van der Waals surface area contributed by atoms with Crippen molar-refractivity contribution in [2.24, 2.45) is 0 Å². The molecule has 7 heteroatoms. The van der Waals surface area contributed by atoms with Gasteiger partial charge in [-0.05, 0) is 30.7 Å². The molecule has 7 nitrogen and oxygen atoms in total. The third kappa shape index (κ3) is 4.16. The van der Waals surface area contributed by atoms with Gasteiger partial charge in [0.2, 0.25) is 0 Å². The highest BCUT2D eigenvalue weighted by Gasteiger charge is 2.20. The van der Waals surface area contributed by atoms with E-state index in [1.54, 1.807) is 31.2 Å². The molecular formula is C17H15NO6. The first-order valence-corrected chi connectivity index (χ1v) is 7.19. The molecular weight excluding hydrogens is 314 g/mol. The Kier molecular flexibility index (Phi) is 5.62. The van der Waals surface area contributed by atoms with Crippen LogP contribution in [0.4, 0.5) is 5.69 Å². The van der Waals surface area contributed by atoms with E-state index in [4.69, 9.17) is 9.47 Å². The average molecular weight is 329 g/mol. The fourth-order valence-corrected chi connectivity index (χ4v) is 2.03. The molecule has 0 N–H and O–H groups in total. The van der Waals surface area contributed by atoms with Crippen molar-refractivity contribution in [3.8, 4) is 0 Å². The Morgan fingerprint density at radius 3 is 2.50 bits per heavy atom. The van der Waals surface area contributed by atoms with Crippen LogP contribution in [0.3, 0.4) is 0 Å². The summed E-state index contributed by atoms with van der Waals surface area (Å²) in [6.07, 6.45) is 0. The van der Waals surface area contributed by atoms with Crippen molar-refractivity contribution < 1.29 is 24.0 Å². The number of nitrogens with zero attached hydrogens (tertiary/aromatic N) is 1. The summed E-state index contributed by atoms with van der Waals surface area (Å²) in [7, 11) is 0. The zero-order chi connectivity index (χ0) is 17.5. The van der Waals surface area contributed by atoms with Crippen LogP contribution in [0.25, 0.3) is 0 Å². The van der Waals surface area contributed by atoms with Gasteiger partial charge in [-0.15, -0.1) is 0 Å². The first kappa shape index (κ1) is 17.1. The molecule has 124 valence electrons. The summed E-state index contributed by atoms with van der Waals surface area (Å²) < 4.78 is 10.0. The van der Waals surface area contributed by atoms with Gasteiger partial charge in [0, 0.05) is 6.07 Å². The fraction of sp³-hybridized carbons (Fsp3) is 0.176. The lowest BCUT2D eigenvalue weighted by Crippen LogP contribution is -2.09. The molecule has 0 amide bonds. The number of rotatable bonds is 6. The Labute approximate surface area is 138 Å². The Morgan fingerprint density at radius 2 is 1.79 bits per heavy atom. The molecule has 0 radical (unpaired) electrons. The van der Waals surface area contributed by atoms with E-state index in [-0.39, 0.29) is 24.5 Å². The van der Waals surface area contributed by atoms with Crippen LogP contribution in [-0.2, 0) is 16.1 Å². The maximum absolute atomic E-state index is 12.0. The molecule has 0 unspecified atom stereocenters. The van der Waals surface area contributed by atoms with Crippen LogP contribution < -0.4 is 0 Å². The highest BCUT2D eigenvalue weighted by Crippen LogP contribution is 2.19. The van der Waals surface area contributed by atoms with Gasteiger partial charge in [0.05, 0.1) is 17.1 Å². The number of para-hydroxylation sites is 1. The van der Waals surface area contributed by atoms with Crippen molar-refractivity contribution in [3.63, 3.8) is 0 Å². The first-order chi connectivity index (χ1) is 11.5. The van der Waals surface area contributed by atoms with Crippen LogP contribution >= 0.6 is 0 Å². The predicted molar refractivity (Wildman–Crippen MR) is 84.6 cm³/mol. The molecule has 24 heavy (non-hydrogen) atoms. The highest BCUT2D eigenvalue weighted by atomic mass is 16.6. The number of nitro groups is 1. The number of benzene rings is 2. The summed E-state index contributed by atoms with van der Waals surface area (Å²) in [6, 6.07) is 12.0. The zero-order valence-corrected chi connectivity index (χ0v) is 12.9. The molecule has 0 saturated heterocycles. The molecule has 0 aliphatic carbocycles. The zero-order valence-electron chi connectivity index (χ0n) is 12.9. The van der Waals surface area contributed by atoms with Crippen LogP contribution in [0.2, 0.25) is 0 Å². The number of hydrogen-bond acceptors (Lipinski definition) is 6. The van der Waals surface area contributed by atoms with E-state index in [0.717, 1.165) is 0 Å². The number of nitro benzene ring substituents is 1. The fourth-order valence-electron chi connectivity index (χ4n) is 2.03. The molecule has 2 aromatic rings. The molecule has 0 aliphatic rings. The van der Waals surface area contributed by atoms with Gasteiger partial charge in [-0.1, -0.05) is 24.3 Å². The van der Waals surface area contributed by atoms with Crippen LogP contribution in [0.5, 0.6) is 0 Å². The molecule has 2 rings (SSSR count). The molecule has 0 heterocycles. The van der Waals surface area contributed by atoms with Gasteiger partial charge in [-0.25, -0.2) is 9.59 Å². The van der Waals surface area contributed by atoms with Gasteiger partial charge in [0.25, 0.3) is 5.69 Å². The van der Waals surface area contributed by atoms with E-state index in [9.17, 15) is 19.7 Å². The summed E-state index contributed by atoms with van der Waals surface area (Å²) in [5.74, 6) is -1.27. The highest BCUT2D eigenvalue weighted by molar-refractivity contribution is 5.94. The summed E-state index contributed by atoms with van der Waals surface area (Å²) >= 11 is 0. The second-order valence-electron chi connectivity index (χ2n) is 4.77. The van der Waals surface area contributed by atoms with E-state index >= 15 is 0 Å². The van der Waals surface area contributed by atoms with Gasteiger partial charge in [0.15, 0.2) is 0 Å². The Balaban J connectivity index is 2.09. The van der Waals surface area contributed by atoms with E-state index in [1.165, 1.54) is 24.3 Å². The van der Waals surface area contributed by atoms with Gasteiger partial charge in [0.1, 0.15) is 12.2 Å². The molecule has 2 aromatic carbocycles. The van der Waals surface area contributed by atoms with E-state index < -0.39 is 16.9 Å². The van der Waals surface area contributed by atoms with Crippen molar-refractivity contribution in [1.29, 1.82) is 0 Å². The van der Waals surface area contributed by atoms with Crippen LogP contribution in [0.1, 0.15) is 33.2 Å². The second kappa shape index (κ2) is 7.87. The Hall–Kier alpha value is -3.22. The number of ether oxygens (including phenoxy) is 2. The van der Waals surface area contributed by atoms with E-state index in [2.05, 4.69) is 0 Å². The van der Waals surface area contributed by atoms with Crippen molar-refractivity contribution in [2.45, 2.75) is 13.5 Å². The van der Waals surface area contributed by atoms with Crippen LogP contribution in [-0.4, -0.2) is 23.5 Å². The second-order valence-corrected chi connectivity index (χ2v) is 4.77. The largest absolute Gasteiger partial charge is 0.462 e. The van der Waals surface area contributed by atoms with Crippen molar-refractivity contribution in [1.82, 2.24) is 0 Å². The normalized spacial score (nSPS) is 10.0. The number of carbonyl (C=O) groups is 2. The quantitative estimate of drug-likeness (QED) is 0.459. The summed E-state index contributed by atoms with van der Waals surface area (Å²) in [4.78, 5) is 34.0. The van der Waals surface area contributed by atoms with Crippen LogP contribution in [0, 0.1) is 10.1 Å². The Bertz CT molecular complexity index is 771. The van der Waals surface area contributed by atoms with Gasteiger partial charge in [-0.3, -0.25) is 10.1 Å². The smallest absolute Gasteiger partial charge is 0.345 e. The Morgan fingerprint density at radius 1 is 1.04 bits per heavy atom. The number of esters is 2. The third-order valence-corrected chi connectivity index (χ3v) is 3.13. The van der Waals surface area contributed by atoms with Gasteiger partial charge >= 0.3 is 11.9 Å². The lowest BCUT2D eigenvalue weighted by molar-refractivity contribution is -0.385. The molecule has 0 fully saturated rings. The van der Waals surface area contributed by atoms with Crippen LogP contribution in [0.15, 0.2) is 48.5 Å². The summed E-state index contributed by atoms with van der Waals surface area (Å²) in [6.45, 7) is 1.85. The standard InChI is InChI=1S/C17H15NO6/c1-2-23-16(19)13-7-5-6-12(10-13)11-24-17(20)14-8-3-4-9-15(14)18(21)22/h3-10H,2,11H2,1H3. The predicted octanol–water partition coefficient (Wildman–Crippen LogP) is 3.13. The molecule has 0 aromatic heterocycles. The lowest BCUT2D eigenvalue weighted by atomic mass is 10.1. The maximum Gasteiger partial charge on any atom is 0.345 e. The molecule has 0 atom stereocenters. The van der Waals surface area contributed by atoms with E-state index in [0.29, 0.717) is 11.1 Å². The van der Waals surface area contributed by atoms with Crippen molar-refractivity contribution >= 4 is 17.6 Å². The molecule has 0 bridgehead atoms. The summed E-state index contributed by atoms with van der Waals surface area (Å²) in [5.41, 5.74) is 0.482. The lowest BCUT2D eigenvalue weighted by Gasteiger charge is -2.07.